The fourth-order valence-electron chi connectivity index (χ4n) is 3.07. The Hall–Kier alpha value is -3.47. The maximum absolute atomic E-state index is 13.0. The molecule has 5 heteroatoms. The number of hydrogen-bond donors (Lipinski definition) is 1. The SMILES string of the molecule is COC(=O)[C@@H](Cc1ccc(-c2ccccc2)cc1)NC(=O)Cc1ccc(F)cc1. The van der Waals surface area contributed by atoms with Gasteiger partial charge >= 0.3 is 5.97 Å². The van der Waals surface area contributed by atoms with Crippen LogP contribution in [0.4, 0.5) is 4.39 Å². The van der Waals surface area contributed by atoms with Gasteiger partial charge in [-0.2, -0.15) is 0 Å². The van der Waals surface area contributed by atoms with Crippen molar-refractivity contribution >= 4 is 11.9 Å². The van der Waals surface area contributed by atoms with Gasteiger partial charge in [0.2, 0.25) is 5.91 Å². The van der Waals surface area contributed by atoms with Gasteiger partial charge in [0.05, 0.1) is 13.5 Å². The highest BCUT2D eigenvalue weighted by molar-refractivity contribution is 5.85. The highest BCUT2D eigenvalue weighted by Gasteiger charge is 2.22. The van der Waals surface area contributed by atoms with Crippen LogP contribution in [-0.2, 0) is 27.2 Å². The molecule has 0 unspecified atom stereocenters. The van der Waals surface area contributed by atoms with E-state index in [4.69, 9.17) is 4.74 Å². The van der Waals surface area contributed by atoms with Crippen LogP contribution in [0.5, 0.6) is 0 Å². The van der Waals surface area contributed by atoms with E-state index in [2.05, 4.69) is 5.32 Å². The Morgan fingerprint density at radius 1 is 0.862 bits per heavy atom. The lowest BCUT2D eigenvalue weighted by Crippen LogP contribution is -2.43. The number of halogens is 1. The van der Waals surface area contributed by atoms with E-state index in [9.17, 15) is 14.0 Å². The number of methoxy groups -OCH3 is 1. The lowest BCUT2D eigenvalue weighted by Gasteiger charge is -2.17. The standard InChI is InChI=1S/C24H22FNO3/c1-29-24(28)22(26-23(27)16-18-9-13-21(25)14-10-18)15-17-7-11-20(12-8-17)19-5-3-2-4-6-19/h2-14,22H,15-16H2,1H3,(H,26,27)/t22-/m1/s1. The van der Waals surface area contributed by atoms with E-state index in [1.54, 1.807) is 12.1 Å². The number of carbonyl (C=O) groups excluding carboxylic acids is 2. The fraction of sp³-hybridized carbons (Fsp3) is 0.167. The van der Waals surface area contributed by atoms with Crippen LogP contribution in [0, 0.1) is 5.82 Å². The first-order valence-electron chi connectivity index (χ1n) is 9.31. The highest BCUT2D eigenvalue weighted by atomic mass is 19.1. The second-order valence-corrected chi connectivity index (χ2v) is 6.71. The van der Waals surface area contributed by atoms with E-state index >= 15 is 0 Å². The van der Waals surface area contributed by atoms with Crippen molar-refractivity contribution in [3.8, 4) is 11.1 Å². The molecule has 0 heterocycles. The van der Waals surface area contributed by atoms with Crippen molar-refractivity contribution in [2.45, 2.75) is 18.9 Å². The van der Waals surface area contributed by atoms with Crippen LogP contribution < -0.4 is 5.32 Å². The molecular formula is C24H22FNO3. The predicted octanol–water partition coefficient (Wildman–Crippen LogP) is 3.94. The Morgan fingerprint density at radius 2 is 1.45 bits per heavy atom. The fourth-order valence-corrected chi connectivity index (χ4v) is 3.07. The monoisotopic (exact) mass is 391 g/mol. The van der Waals surface area contributed by atoms with Gasteiger partial charge in [0.15, 0.2) is 0 Å². The van der Waals surface area contributed by atoms with E-state index in [1.807, 2.05) is 54.6 Å². The molecule has 0 aromatic heterocycles. The lowest BCUT2D eigenvalue weighted by atomic mass is 10.0. The van der Waals surface area contributed by atoms with Crippen LogP contribution >= 0.6 is 0 Å². The molecule has 1 N–H and O–H groups in total. The molecule has 0 spiro atoms. The summed E-state index contributed by atoms with van der Waals surface area (Å²) in [5.74, 6) is -1.20. The zero-order valence-corrected chi connectivity index (χ0v) is 16.1. The zero-order valence-electron chi connectivity index (χ0n) is 16.1. The summed E-state index contributed by atoms with van der Waals surface area (Å²) in [6.07, 6.45) is 0.373. The van der Waals surface area contributed by atoms with Crippen LogP contribution in [0.25, 0.3) is 11.1 Å². The van der Waals surface area contributed by atoms with Crippen molar-refractivity contribution in [1.82, 2.24) is 5.32 Å². The van der Waals surface area contributed by atoms with Gasteiger partial charge in [0.25, 0.3) is 0 Å². The quantitative estimate of drug-likeness (QED) is 0.621. The summed E-state index contributed by atoms with van der Waals surface area (Å²) in [7, 11) is 1.29. The minimum absolute atomic E-state index is 0.0563. The second-order valence-electron chi connectivity index (χ2n) is 6.71. The van der Waals surface area contributed by atoms with Crippen molar-refractivity contribution in [2.75, 3.05) is 7.11 Å². The molecule has 4 nitrogen and oxygen atoms in total. The summed E-state index contributed by atoms with van der Waals surface area (Å²) < 4.78 is 17.8. The van der Waals surface area contributed by atoms with Gasteiger partial charge in [0.1, 0.15) is 11.9 Å². The van der Waals surface area contributed by atoms with E-state index in [0.29, 0.717) is 12.0 Å². The third kappa shape index (κ3) is 5.75. The van der Waals surface area contributed by atoms with Crippen molar-refractivity contribution in [3.63, 3.8) is 0 Å². The molecule has 0 bridgehead atoms. The topological polar surface area (TPSA) is 55.4 Å². The molecule has 0 aliphatic rings. The molecule has 0 aliphatic carbocycles. The molecule has 3 aromatic carbocycles. The molecule has 0 saturated carbocycles. The highest BCUT2D eigenvalue weighted by Crippen LogP contribution is 2.20. The average Bonchev–Trinajstić information content (AvgIpc) is 2.75. The number of hydrogen-bond acceptors (Lipinski definition) is 3. The van der Waals surface area contributed by atoms with Crippen LogP contribution in [0.3, 0.4) is 0 Å². The minimum Gasteiger partial charge on any atom is -0.467 e. The number of rotatable bonds is 7. The molecule has 148 valence electrons. The predicted molar refractivity (Wildman–Crippen MR) is 110 cm³/mol. The number of ether oxygens (including phenoxy) is 1. The summed E-state index contributed by atoms with van der Waals surface area (Å²) in [4.78, 5) is 24.5. The van der Waals surface area contributed by atoms with Gasteiger partial charge < -0.3 is 10.1 Å². The third-order valence-corrected chi connectivity index (χ3v) is 4.60. The Kier molecular flexibility index (Phi) is 6.74. The summed E-state index contributed by atoms with van der Waals surface area (Å²) in [6, 6.07) is 22.7. The van der Waals surface area contributed by atoms with Gasteiger partial charge in [-0.15, -0.1) is 0 Å². The minimum atomic E-state index is -0.796. The average molecular weight is 391 g/mol. The van der Waals surface area contributed by atoms with Crippen LogP contribution in [0.15, 0.2) is 78.9 Å². The third-order valence-electron chi connectivity index (χ3n) is 4.60. The van der Waals surface area contributed by atoms with Crippen molar-refractivity contribution in [3.05, 3.63) is 95.8 Å². The van der Waals surface area contributed by atoms with E-state index < -0.39 is 12.0 Å². The molecular weight excluding hydrogens is 369 g/mol. The van der Waals surface area contributed by atoms with Crippen molar-refractivity contribution in [2.24, 2.45) is 0 Å². The van der Waals surface area contributed by atoms with Crippen LogP contribution in [0.1, 0.15) is 11.1 Å². The van der Waals surface area contributed by atoms with Gasteiger partial charge in [-0.05, 0) is 34.4 Å². The smallest absolute Gasteiger partial charge is 0.328 e. The maximum Gasteiger partial charge on any atom is 0.328 e. The van der Waals surface area contributed by atoms with Crippen LogP contribution in [0.2, 0.25) is 0 Å². The molecule has 0 saturated heterocycles. The molecule has 1 atom stereocenters. The molecule has 1 amide bonds. The Labute approximate surface area is 169 Å². The molecule has 0 fully saturated rings. The summed E-state index contributed by atoms with van der Waals surface area (Å²) in [5, 5.41) is 2.72. The number of esters is 1. The number of benzene rings is 3. The molecule has 3 aromatic rings. The first kappa shape index (κ1) is 20.3. The first-order valence-corrected chi connectivity index (χ1v) is 9.31. The van der Waals surface area contributed by atoms with E-state index in [1.165, 1.54) is 19.2 Å². The second kappa shape index (κ2) is 9.64. The van der Waals surface area contributed by atoms with E-state index in [-0.39, 0.29) is 18.1 Å². The Morgan fingerprint density at radius 3 is 2.07 bits per heavy atom. The first-order chi connectivity index (χ1) is 14.0. The number of nitrogens with one attached hydrogen (secondary N) is 1. The lowest BCUT2D eigenvalue weighted by molar-refractivity contribution is -0.145. The summed E-state index contributed by atoms with van der Waals surface area (Å²) >= 11 is 0. The number of amides is 1. The summed E-state index contributed by atoms with van der Waals surface area (Å²) in [6.45, 7) is 0. The largest absolute Gasteiger partial charge is 0.467 e. The van der Waals surface area contributed by atoms with Gasteiger partial charge in [-0.3, -0.25) is 4.79 Å². The van der Waals surface area contributed by atoms with Gasteiger partial charge in [-0.1, -0.05) is 66.7 Å². The van der Waals surface area contributed by atoms with Crippen molar-refractivity contribution in [1.29, 1.82) is 0 Å². The normalized spacial score (nSPS) is 11.5. The zero-order chi connectivity index (χ0) is 20.6. The molecule has 0 aliphatic heterocycles. The Bertz CT molecular complexity index is 954. The van der Waals surface area contributed by atoms with Gasteiger partial charge in [-0.25, -0.2) is 9.18 Å². The molecule has 29 heavy (non-hydrogen) atoms. The van der Waals surface area contributed by atoms with Crippen molar-refractivity contribution < 1.29 is 18.7 Å². The van der Waals surface area contributed by atoms with E-state index in [0.717, 1.165) is 16.7 Å². The van der Waals surface area contributed by atoms with Gasteiger partial charge in [0, 0.05) is 6.42 Å². The Balaban J connectivity index is 1.66. The molecule has 0 radical (unpaired) electrons. The molecule has 3 rings (SSSR count). The maximum atomic E-state index is 13.0. The summed E-state index contributed by atoms with van der Waals surface area (Å²) in [5.41, 5.74) is 3.75. The number of carbonyl (C=O) groups is 2. The van der Waals surface area contributed by atoms with Crippen LogP contribution in [-0.4, -0.2) is 25.0 Å².